The van der Waals surface area contributed by atoms with Crippen LogP contribution in [-0.4, -0.2) is 22.0 Å². The van der Waals surface area contributed by atoms with E-state index >= 15 is 0 Å². The van der Waals surface area contributed by atoms with Crippen molar-refractivity contribution in [3.63, 3.8) is 0 Å². The van der Waals surface area contributed by atoms with E-state index in [0.29, 0.717) is 9.90 Å². The first kappa shape index (κ1) is 13.5. The van der Waals surface area contributed by atoms with Gasteiger partial charge in [-0.3, -0.25) is 4.79 Å². The van der Waals surface area contributed by atoms with E-state index in [0.717, 1.165) is 5.56 Å². The van der Waals surface area contributed by atoms with Crippen LogP contribution in [-0.2, 0) is 0 Å². The number of thiophene rings is 1. The Hall–Kier alpha value is -1.92. The fourth-order valence-corrected chi connectivity index (χ4v) is 2.55. The number of carboxylic acids is 1. The molecule has 0 bridgehead atoms. The number of hydrogen-bond acceptors (Lipinski definition) is 4. The van der Waals surface area contributed by atoms with Crippen LogP contribution in [0, 0.1) is 6.92 Å². The zero-order chi connectivity index (χ0) is 14.0. The number of carbonyl (C=O) groups excluding carboxylic acids is 1. The number of hydrogen-bond donors (Lipinski definition) is 2. The Morgan fingerprint density at radius 3 is 2.74 bits per heavy atom. The Morgan fingerprint density at radius 2 is 2.16 bits per heavy atom. The Labute approximate surface area is 117 Å². The Bertz CT molecular complexity index is 654. The normalized spacial score (nSPS) is 10.2. The standard InChI is InChI=1S/C12H9ClN2O3S/c1-6-5-19-10(9(6)13)11(16)15-8-4-2-3-7(14-8)12(17)18/h2-5H,1H3,(H,17,18)(H,14,15,16). The molecule has 0 aliphatic heterocycles. The molecule has 0 saturated carbocycles. The first-order valence-corrected chi connectivity index (χ1v) is 6.50. The molecule has 5 nitrogen and oxygen atoms in total. The van der Waals surface area contributed by atoms with E-state index in [1.165, 1.54) is 29.5 Å². The lowest BCUT2D eigenvalue weighted by Crippen LogP contribution is -2.13. The number of aryl methyl sites for hydroxylation is 1. The van der Waals surface area contributed by atoms with Crippen molar-refractivity contribution in [2.75, 3.05) is 5.32 Å². The van der Waals surface area contributed by atoms with Gasteiger partial charge in [0.2, 0.25) is 0 Å². The molecule has 0 atom stereocenters. The van der Waals surface area contributed by atoms with Crippen molar-refractivity contribution in [2.45, 2.75) is 6.92 Å². The number of rotatable bonds is 3. The zero-order valence-corrected chi connectivity index (χ0v) is 11.4. The van der Waals surface area contributed by atoms with Crippen LogP contribution in [0.2, 0.25) is 5.02 Å². The summed E-state index contributed by atoms with van der Waals surface area (Å²) >= 11 is 7.21. The largest absolute Gasteiger partial charge is 0.477 e. The van der Waals surface area contributed by atoms with Gasteiger partial charge in [-0.05, 0) is 30.0 Å². The number of aromatic nitrogens is 1. The van der Waals surface area contributed by atoms with Crippen molar-refractivity contribution < 1.29 is 14.7 Å². The minimum atomic E-state index is -1.15. The first-order valence-electron chi connectivity index (χ1n) is 5.24. The van der Waals surface area contributed by atoms with Gasteiger partial charge in [-0.25, -0.2) is 9.78 Å². The smallest absolute Gasteiger partial charge is 0.354 e. The summed E-state index contributed by atoms with van der Waals surface area (Å²) in [5, 5.41) is 13.5. The van der Waals surface area contributed by atoms with Gasteiger partial charge in [0.1, 0.15) is 10.7 Å². The molecule has 2 aromatic heterocycles. The molecule has 2 N–H and O–H groups in total. The third kappa shape index (κ3) is 2.91. The molecular formula is C12H9ClN2O3S. The van der Waals surface area contributed by atoms with Crippen LogP contribution in [0.15, 0.2) is 23.6 Å². The van der Waals surface area contributed by atoms with E-state index in [9.17, 15) is 9.59 Å². The predicted octanol–water partition coefficient (Wildman–Crippen LogP) is 3.06. The summed E-state index contributed by atoms with van der Waals surface area (Å²) in [6, 6.07) is 4.37. The Kier molecular flexibility index (Phi) is 3.82. The highest BCUT2D eigenvalue weighted by Gasteiger charge is 2.15. The van der Waals surface area contributed by atoms with E-state index in [-0.39, 0.29) is 11.5 Å². The second kappa shape index (κ2) is 5.38. The molecule has 0 aliphatic rings. The molecule has 0 unspecified atom stereocenters. The number of carbonyl (C=O) groups is 2. The highest BCUT2D eigenvalue weighted by Crippen LogP contribution is 2.27. The van der Waals surface area contributed by atoms with Crippen molar-refractivity contribution in [3.8, 4) is 0 Å². The lowest BCUT2D eigenvalue weighted by Gasteiger charge is -2.04. The second-order valence-electron chi connectivity index (χ2n) is 3.73. The number of nitrogens with one attached hydrogen (secondary N) is 1. The Morgan fingerprint density at radius 1 is 1.42 bits per heavy atom. The molecule has 98 valence electrons. The van der Waals surface area contributed by atoms with Crippen LogP contribution in [0.1, 0.15) is 25.7 Å². The average molecular weight is 297 g/mol. The summed E-state index contributed by atoms with van der Waals surface area (Å²) in [6.07, 6.45) is 0. The monoisotopic (exact) mass is 296 g/mol. The quantitative estimate of drug-likeness (QED) is 0.912. The van der Waals surface area contributed by atoms with Gasteiger partial charge in [-0.1, -0.05) is 17.7 Å². The van der Waals surface area contributed by atoms with Crippen LogP contribution < -0.4 is 5.32 Å². The molecule has 0 aliphatic carbocycles. The van der Waals surface area contributed by atoms with E-state index in [1.807, 2.05) is 0 Å². The minimum absolute atomic E-state index is 0.133. The van der Waals surface area contributed by atoms with Gasteiger partial charge in [0.05, 0.1) is 5.02 Å². The van der Waals surface area contributed by atoms with Gasteiger partial charge >= 0.3 is 5.97 Å². The molecule has 0 fully saturated rings. The lowest BCUT2D eigenvalue weighted by atomic mass is 10.3. The van der Waals surface area contributed by atoms with E-state index < -0.39 is 11.9 Å². The molecule has 0 aromatic carbocycles. The van der Waals surface area contributed by atoms with Gasteiger partial charge in [0.25, 0.3) is 5.91 Å². The number of anilines is 1. The molecule has 2 rings (SSSR count). The zero-order valence-electron chi connectivity index (χ0n) is 9.81. The van der Waals surface area contributed by atoms with Crippen molar-refractivity contribution >= 4 is 40.6 Å². The number of amides is 1. The van der Waals surface area contributed by atoms with Crippen LogP contribution in [0.25, 0.3) is 0 Å². The van der Waals surface area contributed by atoms with Crippen LogP contribution >= 0.6 is 22.9 Å². The first-order chi connectivity index (χ1) is 8.99. The van der Waals surface area contributed by atoms with Gasteiger partial charge < -0.3 is 10.4 Å². The summed E-state index contributed by atoms with van der Waals surface area (Å²) in [5.41, 5.74) is 0.690. The summed E-state index contributed by atoms with van der Waals surface area (Å²) in [7, 11) is 0. The fourth-order valence-electron chi connectivity index (χ4n) is 1.38. The fraction of sp³-hybridized carbons (Fsp3) is 0.0833. The molecule has 7 heteroatoms. The maximum atomic E-state index is 12.0. The molecule has 2 aromatic rings. The van der Waals surface area contributed by atoms with Crippen LogP contribution in [0.5, 0.6) is 0 Å². The van der Waals surface area contributed by atoms with Crippen molar-refractivity contribution in [1.82, 2.24) is 4.98 Å². The predicted molar refractivity (Wildman–Crippen MR) is 73.2 cm³/mol. The third-order valence-corrected chi connectivity index (χ3v) is 4.01. The Balaban J connectivity index is 2.22. The summed E-state index contributed by atoms with van der Waals surface area (Å²) < 4.78 is 0. The molecule has 1 amide bonds. The van der Waals surface area contributed by atoms with Crippen LogP contribution in [0.4, 0.5) is 5.82 Å². The third-order valence-electron chi connectivity index (χ3n) is 2.32. The lowest BCUT2D eigenvalue weighted by molar-refractivity contribution is 0.0690. The highest BCUT2D eigenvalue weighted by molar-refractivity contribution is 7.13. The van der Waals surface area contributed by atoms with E-state index in [2.05, 4.69) is 10.3 Å². The molecule has 0 saturated heterocycles. The number of nitrogens with zero attached hydrogens (tertiary/aromatic N) is 1. The van der Waals surface area contributed by atoms with Crippen LogP contribution in [0.3, 0.4) is 0 Å². The molecule has 0 spiro atoms. The number of carboxylic acid groups (broad SMARTS) is 1. The van der Waals surface area contributed by atoms with Gasteiger partial charge in [-0.2, -0.15) is 0 Å². The van der Waals surface area contributed by atoms with Gasteiger partial charge in [0.15, 0.2) is 5.69 Å². The van der Waals surface area contributed by atoms with Crippen molar-refractivity contribution in [1.29, 1.82) is 0 Å². The van der Waals surface area contributed by atoms with Gasteiger partial charge in [0, 0.05) is 0 Å². The summed E-state index contributed by atoms with van der Waals surface area (Å²) in [5.74, 6) is -1.38. The van der Waals surface area contributed by atoms with E-state index in [1.54, 1.807) is 12.3 Å². The summed E-state index contributed by atoms with van der Waals surface area (Å²) in [6.45, 7) is 1.80. The molecule has 0 radical (unpaired) electrons. The van der Waals surface area contributed by atoms with Gasteiger partial charge in [-0.15, -0.1) is 11.3 Å². The molecule has 19 heavy (non-hydrogen) atoms. The number of halogens is 1. The van der Waals surface area contributed by atoms with Crippen molar-refractivity contribution in [3.05, 3.63) is 44.7 Å². The summed E-state index contributed by atoms with van der Waals surface area (Å²) in [4.78, 5) is 26.9. The molecular weight excluding hydrogens is 288 g/mol. The van der Waals surface area contributed by atoms with Crippen molar-refractivity contribution in [2.24, 2.45) is 0 Å². The highest BCUT2D eigenvalue weighted by atomic mass is 35.5. The SMILES string of the molecule is Cc1csc(C(=O)Nc2cccc(C(=O)O)n2)c1Cl. The van der Waals surface area contributed by atoms with E-state index in [4.69, 9.17) is 16.7 Å². The number of pyridine rings is 1. The topological polar surface area (TPSA) is 79.3 Å². The maximum absolute atomic E-state index is 12.0. The average Bonchev–Trinajstić information content (AvgIpc) is 2.70. The minimum Gasteiger partial charge on any atom is -0.477 e. The maximum Gasteiger partial charge on any atom is 0.354 e. The molecule has 2 heterocycles. The number of aromatic carboxylic acids is 1. The second-order valence-corrected chi connectivity index (χ2v) is 4.99.